The number of rotatable bonds is 6. The van der Waals surface area contributed by atoms with Crippen molar-refractivity contribution in [3.8, 4) is 5.75 Å². The van der Waals surface area contributed by atoms with Crippen LogP contribution >= 0.6 is 0 Å². The van der Waals surface area contributed by atoms with Crippen molar-refractivity contribution in [2.45, 2.75) is 33.2 Å². The maximum absolute atomic E-state index is 5.28. The molecule has 2 rings (SSSR count). The van der Waals surface area contributed by atoms with E-state index in [1.807, 2.05) is 18.5 Å². The summed E-state index contributed by atoms with van der Waals surface area (Å²) in [6, 6.07) is 4.21. The third kappa shape index (κ3) is 3.79. The molecule has 21 heavy (non-hydrogen) atoms. The van der Waals surface area contributed by atoms with E-state index >= 15 is 0 Å². The molecule has 1 unspecified atom stereocenters. The molecule has 2 aromatic rings. The Bertz CT molecular complexity index is 598. The molecule has 0 aromatic carbocycles. The summed E-state index contributed by atoms with van der Waals surface area (Å²) in [6.45, 7) is 7.25. The zero-order chi connectivity index (χ0) is 15.2. The van der Waals surface area contributed by atoms with Crippen LogP contribution in [0.1, 0.15) is 41.8 Å². The first-order valence-electron chi connectivity index (χ1n) is 7.31. The van der Waals surface area contributed by atoms with Crippen LogP contribution in [0.5, 0.6) is 5.75 Å². The molecule has 2 aromatic heterocycles. The van der Waals surface area contributed by atoms with Crippen LogP contribution in [0.2, 0.25) is 0 Å². The first-order valence-corrected chi connectivity index (χ1v) is 7.31. The molecular formula is C17H23N3O. The standard InChI is InChI=1S/C17H23N3O/c1-5-6-19-17(14-8-15(21-4)11-18-10-14)16-13(3)7-12(2)9-20-16/h7-11,17,19H,5-6H2,1-4H3. The maximum Gasteiger partial charge on any atom is 0.137 e. The molecule has 112 valence electrons. The van der Waals surface area contributed by atoms with Gasteiger partial charge in [0, 0.05) is 12.4 Å². The molecule has 4 nitrogen and oxygen atoms in total. The van der Waals surface area contributed by atoms with Gasteiger partial charge >= 0.3 is 0 Å². The van der Waals surface area contributed by atoms with E-state index in [1.54, 1.807) is 13.3 Å². The van der Waals surface area contributed by atoms with Gasteiger partial charge in [0.15, 0.2) is 0 Å². The monoisotopic (exact) mass is 285 g/mol. The quantitative estimate of drug-likeness (QED) is 0.885. The fourth-order valence-corrected chi connectivity index (χ4v) is 2.39. The van der Waals surface area contributed by atoms with Crippen LogP contribution in [0.3, 0.4) is 0 Å². The smallest absolute Gasteiger partial charge is 0.137 e. The van der Waals surface area contributed by atoms with Gasteiger partial charge in [-0.05, 0) is 49.6 Å². The van der Waals surface area contributed by atoms with Crippen molar-refractivity contribution < 1.29 is 4.74 Å². The van der Waals surface area contributed by atoms with Crippen LogP contribution < -0.4 is 10.1 Å². The van der Waals surface area contributed by atoms with Crippen molar-refractivity contribution >= 4 is 0 Å². The Morgan fingerprint density at radius 2 is 2.00 bits per heavy atom. The molecule has 0 aliphatic rings. The summed E-state index contributed by atoms with van der Waals surface area (Å²) in [5.41, 5.74) is 4.48. The van der Waals surface area contributed by atoms with Crippen LogP contribution in [-0.2, 0) is 0 Å². The summed E-state index contributed by atoms with van der Waals surface area (Å²) >= 11 is 0. The van der Waals surface area contributed by atoms with E-state index in [1.165, 1.54) is 11.1 Å². The lowest BCUT2D eigenvalue weighted by Crippen LogP contribution is -2.25. The minimum atomic E-state index is 0.0353. The molecule has 2 heterocycles. The Labute approximate surface area is 126 Å². The molecule has 0 aliphatic heterocycles. The molecule has 0 radical (unpaired) electrons. The average Bonchev–Trinajstić information content (AvgIpc) is 2.49. The lowest BCUT2D eigenvalue weighted by Gasteiger charge is -2.20. The SMILES string of the molecule is CCCNC(c1cncc(OC)c1)c1ncc(C)cc1C. The van der Waals surface area contributed by atoms with Gasteiger partial charge in [-0.1, -0.05) is 13.0 Å². The summed E-state index contributed by atoms with van der Waals surface area (Å²) < 4.78 is 5.28. The van der Waals surface area contributed by atoms with Gasteiger partial charge in [-0.3, -0.25) is 9.97 Å². The molecule has 0 fully saturated rings. The maximum atomic E-state index is 5.28. The second-order valence-electron chi connectivity index (χ2n) is 5.26. The number of aromatic nitrogens is 2. The zero-order valence-electron chi connectivity index (χ0n) is 13.2. The second-order valence-corrected chi connectivity index (χ2v) is 5.26. The van der Waals surface area contributed by atoms with Gasteiger partial charge in [0.25, 0.3) is 0 Å². The average molecular weight is 285 g/mol. The molecule has 0 spiro atoms. The Morgan fingerprint density at radius 3 is 2.67 bits per heavy atom. The highest BCUT2D eigenvalue weighted by Crippen LogP contribution is 2.25. The lowest BCUT2D eigenvalue weighted by molar-refractivity contribution is 0.411. The van der Waals surface area contributed by atoms with E-state index in [0.717, 1.165) is 30.0 Å². The molecule has 1 N–H and O–H groups in total. The molecule has 4 heteroatoms. The molecule has 0 saturated carbocycles. The van der Waals surface area contributed by atoms with Crippen LogP contribution in [0.25, 0.3) is 0 Å². The zero-order valence-corrected chi connectivity index (χ0v) is 13.2. The third-order valence-electron chi connectivity index (χ3n) is 3.43. The van der Waals surface area contributed by atoms with E-state index in [0.29, 0.717) is 0 Å². The summed E-state index contributed by atoms with van der Waals surface area (Å²) in [5, 5.41) is 3.56. The number of nitrogens with one attached hydrogen (secondary N) is 1. The molecule has 0 amide bonds. The summed E-state index contributed by atoms with van der Waals surface area (Å²) in [4.78, 5) is 8.90. The van der Waals surface area contributed by atoms with Gasteiger partial charge in [0.2, 0.25) is 0 Å². The van der Waals surface area contributed by atoms with Gasteiger partial charge in [0.05, 0.1) is 25.0 Å². The van der Waals surface area contributed by atoms with Crippen LogP contribution in [0.4, 0.5) is 0 Å². The Kier molecular flexibility index (Phi) is 5.28. The van der Waals surface area contributed by atoms with E-state index in [2.05, 4.69) is 42.1 Å². The van der Waals surface area contributed by atoms with Crippen LogP contribution in [-0.4, -0.2) is 23.6 Å². The van der Waals surface area contributed by atoms with Crippen LogP contribution in [0.15, 0.2) is 30.7 Å². The summed E-state index contributed by atoms with van der Waals surface area (Å²) in [7, 11) is 1.66. The molecular weight excluding hydrogens is 262 g/mol. The number of nitrogens with zero attached hydrogens (tertiary/aromatic N) is 2. The summed E-state index contributed by atoms with van der Waals surface area (Å²) in [6.07, 6.45) is 6.57. The van der Waals surface area contributed by atoms with Gasteiger partial charge < -0.3 is 10.1 Å². The number of hydrogen-bond donors (Lipinski definition) is 1. The second kappa shape index (κ2) is 7.18. The molecule has 0 saturated heterocycles. The van der Waals surface area contributed by atoms with E-state index in [4.69, 9.17) is 4.74 Å². The van der Waals surface area contributed by atoms with Gasteiger partial charge in [-0.25, -0.2) is 0 Å². The topological polar surface area (TPSA) is 47.0 Å². The minimum absolute atomic E-state index is 0.0353. The Balaban J connectivity index is 2.41. The Morgan fingerprint density at radius 1 is 1.19 bits per heavy atom. The number of hydrogen-bond acceptors (Lipinski definition) is 4. The predicted octanol–water partition coefficient (Wildman–Crippen LogP) is 3.19. The normalized spacial score (nSPS) is 12.2. The predicted molar refractivity (Wildman–Crippen MR) is 84.6 cm³/mol. The van der Waals surface area contributed by atoms with Gasteiger partial charge in [-0.2, -0.15) is 0 Å². The Hall–Kier alpha value is -1.94. The lowest BCUT2D eigenvalue weighted by atomic mass is 10.00. The fraction of sp³-hybridized carbons (Fsp3) is 0.412. The number of pyridine rings is 2. The van der Waals surface area contributed by atoms with Gasteiger partial charge in [-0.15, -0.1) is 0 Å². The third-order valence-corrected chi connectivity index (χ3v) is 3.43. The number of ether oxygens (including phenoxy) is 1. The van der Waals surface area contributed by atoms with E-state index in [-0.39, 0.29) is 6.04 Å². The highest BCUT2D eigenvalue weighted by atomic mass is 16.5. The largest absolute Gasteiger partial charge is 0.495 e. The number of methoxy groups -OCH3 is 1. The van der Waals surface area contributed by atoms with Crippen molar-refractivity contribution in [1.82, 2.24) is 15.3 Å². The molecule has 0 aliphatic carbocycles. The van der Waals surface area contributed by atoms with Crippen molar-refractivity contribution in [2.24, 2.45) is 0 Å². The highest BCUT2D eigenvalue weighted by Gasteiger charge is 2.18. The van der Waals surface area contributed by atoms with Crippen molar-refractivity contribution in [3.63, 3.8) is 0 Å². The molecule has 1 atom stereocenters. The fourth-order valence-electron chi connectivity index (χ4n) is 2.39. The first kappa shape index (κ1) is 15.4. The van der Waals surface area contributed by atoms with Crippen LogP contribution in [0, 0.1) is 13.8 Å². The summed E-state index contributed by atoms with van der Waals surface area (Å²) in [5.74, 6) is 0.764. The van der Waals surface area contributed by atoms with Gasteiger partial charge in [0.1, 0.15) is 5.75 Å². The van der Waals surface area contributed by atoms with E-state index in [9.17, 15) is 0 Å². The van der Waals surface area contributed by atoms with Crippen molar-refractivity contribution in [3.05, 3.63) is 53.1 Å². The highest BCUT2D eigenvalue weighted by molar-refractivity contribution is 5.35. The first-order chi connectivity index (χ1) is 10.2. The molecule has 0 bridgehead atoms. The minimum Gasteiger partial charge on any atom is -0.495 e. The van der Waals surface area contributed by atoms with E-state index < -0.39 is 0 Å². The van der Waals surface area contributed by atoms with Crippen molar-refractivity contribution in [2.75, 3.05) is 13.7 Å². The van der Waals surface area contributed by atoms with Crippen molar-refractivity contribution in [1.29, 1.82) is 0 Å². The number of aryl methyl sites for hydroxylation is 2.